The van der Waals surface area contributed by atoms with E-state index in [1.165, 1.54) is 37.9 Å². The first-order valence-corrected chi connectivity index (χ1v) is 7.76. The molecule has 0 amide bonds. The molecule has 0 aliphatic carbocycles. The van der Waals surface area contributed by atoms with Crippen molar-refractivity contribution in [2.75, 3.05) is 20.1 Å². The van der Waals surface area contributed by atoms with Crippen LogP contribution in [-0.2, 0) is 0 Å². The van der Waals surface area contributed by atoms with E-state index >= 15 is 0 Å². The van der Waals surface area contributed by atoms with Crippen LogP contribution in [0.15, 0.2) is 22.7 Å². The number of hydrogen-bond donors (Lipinski definition) is 1. The molecule has 2 unspecified atom stereocenters. The van der Waals surface area contributed by atoms with Crippen LogP contribution in [0.5, 0.6) is 0 Å². The smallest absolute Gasteiger partial charge is 0.124 e. The van der Waals surface area contributed by atoms with Crippen molar-refractivity contribution in [1.29, 1.82) is 0 Å². The van der Waals surface area contributed by atoms with Crippen molar-refractivity contribution in [1.82, 2.24) is 10.2 Å². The molecule has 0 radical (unpaired) electrons. The van der Waals surface area contributed by atoms with Crippen LogP contribution in [0.25, 0.3) is 0 Å². The fourth-order valence-corrected chi connectivity index (χ4v) is 3.37. The minimum Gasteiger partial charge on any atom is -0.309 e. The van der Waals surface area contributed by atoms with Gasteiger partial charge in [0.2, 0.25) is 0 Å². The van der Waals surface area contributed by atoms with Crippen molar-refractivity contribution >= 4 is 15.9 Å². The molecule has 1 aliphatic rings. The van der Waals surface area contributed by atoms with E-state index in [1.807, 2.05) is 6.07 Å². The van der Waals surface area contributed by atoms with E-state index in [9.17, 15) is 4.39 Å². The Morgan fingerprint density at radius 3 is 2.95 bits per heavy atom. The fraction of sp³-hybridized carbons (Fsp3) is 0.600. The molecule has 1 heterocycles. The summed E-state index contributed by atoms with van der Waals surface area (Å²) in [5.41, 5.74) is 1.11. The summed E-state index contributed by atoms with van der Waals surface area (Å²) in [4.78, 5) is 2.43. The number of likely N-dealkylation sites (tertiary alicyclic amines) is 1. The number of likely N-dealkylation sites (N-methyl/N-ethyl adjacent to an activating group) is 1. The molecule has 1 aromatic carbocycles. The number of hydrogen-bond acceptors (Lipinski definition) is 2. The third kappa shape index (κ3) is 4.01. The first-order valence-electron chi connectivity index (χ1n) is 6.96. The molecule has 106 valence electrons. The summed E-state index contributed by atoms with van der Waals surface area (Å²) >= 11 is 3.44. The maximum absolute atomic E-state index is 13.1. The maximum atomic E-state index is 13.1. The van der Waals surface area contributed by atoms with Crippen molar-refractivity contribution in [2.24, 2.45) is 0 Å². The van der Waals surface area contributed by atoms with Crippen LogP contribution in [0.1, 0.15) is 37.8 Å². The number of halogens is 2. The van der Waals surface area contributed by atoms with Crippen LogP contribution in [0.2, 0.25) is 0 Å². The molecule has 1 saturated heterocycles. The van der Waals surface area contributed by atoms with Gasteiger partial charge in [-0.3, -0.25) is 0 Å². The standard InChI is InChI=1S/C15H22BrFN2/c1-11(14-7-6-12(17)9-15(14)16)18-10-13-5-3-4-8-19(13)2/h6-7,9,11,13,18H,3-5,8,10H2,1-2H3. The molecular formula is C15H22BrFN2. The molecular weight excluding hydrogens is 307 g/mol. The third-order valence-electron chi connectivity index (χ3n) is 4.01. The zero-order valence-electron chi connectivity index (χ0n) is 11.6. The second kappa shape index (κ2) is 6.82. The zero-order valence-corrected chi connectivity index (χ0v) is 13.2. The highest BCUT2D eigenvalue weighted by atomic mass is 79.9. The predicted octanol–water partition coefficient (Wildman–Crippen LogP) is 3.72. The lowest BCUT2D eigenvalue weighted by atomic mass is 10.0. The molecule has 0 bridgehead atoms. The SMILES string of the molecule is CC(NCC1CCCCN1C)c1ccc(F)cc1Br. The molecule has 1 N–H and O–H groups in total. The zero-order chi connectivity index (χ0) is 13.8. The van der Waals surface area contributed by atoms with Gasteiger partial charge in [-0.05, 0) is 51.1 Å². The highest BCUT2D eigenvalue weighted by molar-refractivity contribution is 9.10. The van der Waals surface area contributed by atoms with Gasteiger partial charge in [0.1, 0.15) is 5.82 Å². The average Bonchev–Trinajstić information content (AvgIpc) is 2.37. The first-order chi connectivity index (χ1) is 9.08. The Morgan fingerprint density at radius 1 is 1.47 bits per heavy atom. The number of piperidine rings is 1. The van der Waals surface area contributed by atoms with Crippen molar-refractivity contribution < 1.29 is 4.39 Å². The lowest BCUT2D eigenvalue weighted by molar-refractivity contribution is 0.178. The van der Waals surface area contributed by atoms with Crippen molar-refractivity contribution in [3.8, 4) is 0 Å². The van der Waals surface area contributed by atoms with E-state index in [4.69, 9.17) is 0 Å². The highest BCUT2D eigenvalue weighted by Crippen LogP contribution is 2.24. The Hall–Kier alpha value is -0.450. The van der Waals surface area contributed by atoms with Gasteiger partial charge in [-0.1, -0.05) is 28.4 Å². The second-order valence-electron chi connectivity index (χ2n) is 5.43. The fourth-order valence-electron chi connectivity index (χ4n) is 2.68. The highest BCUT2D eigenvalue weighted by Gasteiger charge is 2.19. The van der Waals surface area contributed by atoms with E-state index < -0.39 is 0 Å². The summed E-state index contributed by atoms with van der Waals surface area (Å²) in [7, 11) is 2.20. The lowest BCUT2D eigenvalue weighted by Crippen LogP contribution is -2.43. The molecule has 0 aromatic heterocycles. The van der Waals surface area contributed by atoms with Crippen LogP contribution >= 0.6 is 15.9 Å². The van der Waals surface area contributed by atoms with Crippen LogP contribution in [0.3, 0.4) is 0 Å². The Kier molecular flexibility index (Phi) is 5.37. The largest absolute Gasteiger partial charge is 0.309 e. The van der Waals surface area contributed by atoms with Crippen LogP contribution in [-0.4, -0.2) is 31.1 Å². The molecule has 2 rings (SSSR count). The Morgan fingerprint density at radius 2 is 2.26 bits per heavy atom. The van der Waals surface area contributed by atoms with Crippen molar-refractivity contribution in [3.63, 3.8) is 0 Å². The number of nitrogens with zero attached hydrogens (tertiary/aromatic N) is 1. The van der Waals surface area contributed by atoms with Crippen LogP contribution in [0.4, 0.5) is 4.39 Å². The van der Waals surface area contributed by atoms with Gasteiger partial charge >= 0.3 is 0 Å². The van der Waals surface area contributed by atoms with E-state index in [0.29, 0.717) is 6.04 Å². The van der Waals surface area contributed by atoms with E-state index in [1.54, 1.807) is 0 Å². The minimum absolute atomic E-state index is 0.199. The van der Waals surface area contributed by atoms with Gasteiger partial charge in [0.25, 0.3) is 0 Å². The second-order valence-corrected chi connectivity index (χ2v) is 6.28. The molecule has 4 heteroatoms. The van der Waals surface area contributed by atoms with E-state index in [0.717, 1.165) is 16.6 Å². The monoisotopic (exact) mass is 328 g/mol. The molecule has 1 aliphatic heterocycles. The van der Waals surface area contributed by atoms with Gasteiger partial charge in [-0.25, -0.2) is 4.39 Å². The summed E-state index contributed by atoms with van der Waals surface area (Å²) in [6.45, 7) is 4.31. The summed E-state index contributed by atoms with van der Waals surface area (Å²) in [5, 5.41) is 3.57. The number of nitrogens with one attached hydrogen (secondary N) is 1. The summed E-state index contributed by atoms with van der Waals surface area (Å²) < 4.78 is 13.9. The van der Waals surface area contributed by atoms with Gasteiger partial charge in [0.15, 0.2) is 0 Å². The summed E-state index contributed by atoms with van der Waals surface area (Å²) in [6.07, 6.45) is 3.90. The molecule has 2 nitrogen and oxygen atoms in total. The summed E-state index contributed by atoms with van der Waals surface area (Å²) in [6, 6.07) is 5.74. The molecule has 0 spiro atoms. The molecule has 1 fully saturated rings. The van der Waals surface area contributed by atoms with Gasteiger partial charge in [0.05, 0.1) is 0 Å². The molecule has 2 atom stereocenters. The molecule has 1 aromatic rings. The van der Waals surface area contributed by atoms with Gasteiger partial charge in [-0.2, -0.15) is 0 Å². The van der Waals surface area contributed by atoms with E-state index in [2.05, 4.69) is 40.1 Å². The third-order valence-corrected chi connectivity index (χ3v) is 4.70. The Labute approximate surface area is 123 Å². The van der Waals surface area contributed by atoms with Gasteiger partial charge in [0, 0.05) is 23.1 Å². The van der Waals surface area contributed by atoms with Gasteiger partial charge < -0.3 is 10.2 Å². The van der Waals surface area contributed by atoms with Gasteiger partial charge in [-0.15, -0.1) is 0 Å². The van der Waals surface area contributed by atoms with Crippen LogP contribution < -0.4 is 5.32 Å². The first kappa shape index (κ1) is 14.9. The van der Waals surface area contributed by atoms with Crippen molar-refractivity contribution in [3.05, 3.63) is 34.1 Å². The van der Waals surface area contributed by atoms with Crippen molar-refractivity contribution in [2.45, 2.75) is 38.3 Å². The lowest BCUT2D eigenvalue weighted by Gasteiger charge is -2.33. The average molecular weight is 329 g/mol. The minimum atomic E-state index is -0.199. The Balaban J connectivity index is 1.91. The molecule has 19 heavy (non-hydrogen) atoms. The number of benzene rings is 1. The topological polar surface area (TPSA) is 15.3 Å². The normalized spacial score (nSPS) is 22.4. The maximum Gasteiger partial charge on any atom is 0.124 e. The molecule has 0 saturated carbocycles. The quantitative estimate of drug-likeness (QED) is 0.906. The van der Waals surface area contributed by atoms with E-state index in [-0.39, 0.29) is 11.9 Å². The number of rotatable bonds is 4. The Bertz CT molecular complexity index is 425. The van der Waals surface area contributed by atoms with Crippen LogP contribution in [0, 0.1) is 5.82 Å². The summed E-state index contributed by atoms with van der Waals surface area (Å²) in [5.74, 6) is -0.199. The predicted molar refractivity (Wildman–Crippen MR) is 80.8 cm³/mol.